The third-order valence-corrected chi connectivity index (χ3v) is 6.94. The lowest BCUT2D eigenvalue weighted by Gasteiger charge is -2.31. The first-order valence-electron chi connectivity index (χ1n) is 9.77. The number of benzene rings is 2. The number of para-hydroxylation sites is 1. The van der Waals surface area contributed by atoms with E-state index in [2.05, 4.69) is 36.2 Å². The summed E-state index contributed by atoms with van der Waals surface area (Å²) in [6.07, 6.45) is 2.11. The summed E-state index contributed by atoms with van der Waals surface area (Å²) in [7, 11) is 0. The number of hydrogen-bond donors (Lipinski definition) is 0. The Hall–Kier alpha value is -2.12. The molecule has 0 radical (unpaired) electrons. The number of thioether (sulfide) groups is 1. The van der Waals surface area contributed by atoms with Crippen molar-refractivity contribution < 1.29 is 13.9 Å². The highest BCUT2D eigenvalue weighted by Gasteiger charge is 2.24. The van der Waals surface area contributed by atoms with Gasteiger partial charge in [0.15, 0.2) is 0 Å². The lowest BCUT2D eigenvalue weighted by atomic mass is 10.1. The monoisotopic (exact) mass is 430 g/mol. The Balaban J connectivity index is 1.22. The molecule has 4 rings (SSSR count). The molecular formula is C22H23FN2O2S2. The average Bonchev–Trinajstić information content (AvgIpc) is 3.14. The van der Waals surface area contributed by atoms with Crippen LogP contribution in [0.1, 0.15) is 24.8 Å². The molecule has 29 heavy (non-hydrogen) atoms. The number of halogens is 1. The zero-order chi connectivity index (χ0) is 20.2. The van der Waals surface area contributed by atoms with Crippen molar-refractivity contribution in [3.8, 4) is 5.19 Å². The van der Waals surface area contributed by atoms with Gasteiger partial charge in [-0.25, -0.2) is 4.39 Å². The molecule has 2 heterocycles. The van der Waals surface area contributed by atoms with Crippen molar-refractivity contribution >= 4 is 39.2 Å². The van der Waals surface area contributed by atoms with E-state index in [9.17, 15) is 9.18 Å². The first-order valence-corrected chi connectivity index (χ1v) is 11.6. The van der Waals surface area contributed by atoms with Gasteiger partial charge in [0, 0.05) is 43.0 Å². The Labute approximate surface area is 178 Å². The van der Waals surface area contributed by atoms with E-state index >= 15 is 0 Å². The summed E-state index contributed by atoms with van der Waals surface area (Å²) in [5, 5.41) is 0.504. The molecule has 1 aliphatic rings. The highest BCUT2D eigenvalue weighted by atomic mass is 32.2. The fourth-order valence-electron chi connectivity index (χ4n) is 3.36. The van der Waals surface area contributed by atoms with E-state index in [1.807, 2.05) is 11.0 Å². The molecule has 0 N–H and O–H groups in total. The standard InChI is InChI=1S/C22H23FN2O2S2/c1-15-5-7-17(8-6-15)28-14-11-20(26)25-12-9-16(10-13-25)27-22-24-21-18(23)3-2-4-19(21)29-22/h2-8,16H,9-14H2,1H3. The van der Waals surface area contributed by atoms with Crippen molar-refractivity contribution in [2.45, 2.75) is 37.2 Å². The van der Waals surface area contributed by atoms with Gasteiger partial charge in [0.25, 0.3) is 5.19 Å². The van der Waals surface area contributed by atoms with E-state index in [1.165, 1.54) is 27.9 Å². The highest BCUT2D eigenvalue weighted by Crippen LogP contribution is 2.31. The third kappa shape index (κ3) is 5.08. The van der Waals surface area contributed by atoms with Crippen molar-refractivity contribution in [2.75, 3.05) is 18.8 Å². The maximum Gasteiger partial charge on any atom is 0.274 e. The van der Waals surface area contributed by atoms with Gasteiger partial charge in [0.05, 0.1) is 4.70 Å². The number of hydrogen-bond acceptors (Lipinski definition) is 5. The Bertz CT molecular complexity index is 982. The maximum atomic E-state index is 13.8. The van der Waals surface area contributed by atoms with E-state index in [4.69, 9.17) is 4.74 Å². The van der Waals surface area contributed by atoms with Crippen molar-refractivity contribution in [3.05, 3.63) is 53.8 Å². The number of rotatable bonds is 6. The minimum atomic E-state index is -0.322. The number of thiazole rings is 1. The smallest absolute Gasteiger partial charge is 0.274 e. The van der Waals surface area contributed by atoms with Crippen LogP contribution in [0.15, 0.2) is 47.4 Å². The summed E-state index contributed by atoms with van der Waals surface area (Å²) in [4.78, 5) is 19.9. The molecule has 2 aromatic carbocycles. The topological polar surface area (TPSA) is 42.4 Å². The van der Waals surface area contributed by atoms with E-state index in [1.54, 1.807) is 17.8 Å². The Kier molecular flexibility index (Phi) is 6.35. The molecule has 0 bridgehead atoms. The van der Waals surface area contributed by atoms with Crippen LogP contribution in [-0.2, 0) is 4.79 Å². The molecule has 152 valence electrons. The number of fused-ring (bicyclic) bond motifs is 1. The van der Waals surface area contributed by atoms with Gasteiger partial charge < -0.3 is 9.64 Å². The van der Waals surface area contributed by atoms with Gasteiger partial charge in [0.1, 0.15) is 17.4 Å². The van der Waals surface area contributed by atoms with Gasteiger partial charge in [-0.05, 0) is 31.2 Å². The lowest BCUT2D eigenvalue weighted by molar-refractivity contribution is -0.132. The van der Waals surface area contributed by atoms with Crippen molar-refractivity contribution in [2.24, 2.45) is 0 Å². The normalized spacial score (nSPS) is 15.0. The molecule has 0 atom stereocenters. The van der Waals surface area contributed by atoms with Crippen molar-refractivity contribution in [1.29, 1.82) is 0 Å². The zero-order valence-electron chi connectivity index (χ0n) is 16.3. The molecule has 0 spiro atoms. The summed E-state index contributed by atoms with van der Waals surface area (Å²) in [6.45, 7) is 3.45. The second kappa shape index (κ2) is 9.13. The maximum absolute atomic E-state index is 13.8. The Morgan fingerprint density at radius 2 is 2.00 bits per heavy atom. The van der Waals surface area contributed by atoms with E-state index in [-0.39, 0.29) is 17.8 Å². The molecule has 1 saturated heterocycles. The molecule has 1 amide bonds. The molecule has 1 aliphatic heterocycles. The minimum absolute atomic E-state index is 0.0182. The van der Waals surface area contributed by atoms with E-state index < -0.39 is 0 Å². The molecule has 1 aromatic heterocycles. The van der Waals surface area contributed by atoms with Crippen LogP contribution in [0.2, 0.25) is 0 Å². The van der Waals surface area contributed by atoms with Crippen LogP contribution in [0, 0.1) is 12.7 Å². The van der Waals surface area contributed by atoms with Gasteiger partial charge in [-0.2, -0.15) is 4.98 Å². The number of ether oxygens (including phenoxy) is 1. The Morgan fingerprint density at radius 3 is 2.72 bits per heavy atom. The lowest BCUT2D eigenvalue weighted by Crippen LogP contribution is -2.41. The van der Waals surface area contributed by atoms with Crippen LogP contribution in [0.5, 0.6) is 5.19 Å². The van der Waals surface area contributed by atoms with Gasteiger partial charge in [-0.1, -0.05) is 35.1 Å². The Morgan fingerprint density at radius 1 is 1.24 bits per heavy atom. The number of carbonyl (C=O) groups excluding carboxylic acids is 1. The molecule has 0 unspecified atom stereocenters. The summed E-state index contributed by atoms with van der Waals surface area (Å²) in [5.41, 5.74) is 1.61. The predicted molar refractivity (Wildman–Crippen MR) is 116 cm³/mol. The molecule has 3 aromatic rings. The number of nitrogens with zero attached hydrogens (tertiary/aromatic N) is 2. The number of carbonyl (C=O) groups is 1. The first-order chi connectivity index (χ1) is 14.1. The van der Waals surface area contributed by atoms with Crippen molar-refractivity contribution in [1.82, 2.24) is 9.88 Å². The van der Waals surface area contributed by atoms with Crippen LogP contribution in [0.25, 0.3) is 10.2 Å². The fraction of sp³-hybridized carbons (Fsp3) is 0.364. The fourth-order valence-corrected chi connectivity index (χ4v) is 5.10. The highest BCUT2D eigenvalue weighted by molar-refractivity contribution is 7.99. The predicted octanol–water partition coefficient (Wildman–Crippen LogP) is 5.30. The summed E-state index contributed by atoms with van der Waals surface area (Å²) < 4.78 is 20.5. The molecule has 7 heteroatoms. The number of aryl methyl sites for hydroxylation is 1. The molecule has 0 saturated carbocycles. The molecular weight excluding hydrogens is 407 g/mol. The van der Waals surface area contributed by atoms with Crippen LogP contribution >= 0.6 is 23.1 Å². The SMILES string of the molecule is Cc1ccc(SCCC(=O)N2CCC(Oc3nc4c(F)cccc4s3)CC2)cc1. The van der Waals surface area contributed by atoms with E-state index in [0.717, 1.165) is 23.3 Å². The summed E-state index contributed by atoms with van der Waals surface area (Å²) in [6, 6.07) is 13.3. The van der Waals surface area contributed by atoms with Crippen LogP contribution in [0.3, 0.4) is 0 Å². The third-order valence-electron chi connectivity index (χ3n) is 5.02. The molecule has 4 nitrogen and oxygen atoms in total. The summed E-state index contributed by atoms with van der Waals surface area (Å²) >= 11 is 3.08. The molecule has 0 aliphatic carbocycles. The quantitative estimate of drug-likeness (QED) is 0.498. The van der Waals surface area contributed by atoms with Gasteiger partial charge in [-0.3, -0.25) is 4.79 Å². The molecule has 1 fully saturated rings. The van der Waals surface area contributed by atoms with Crippen LogP contribution < -0.4 is 4.74 Å². The first kappa shape index (κ1) is 20.2. The van der Waals surface area contributed by atoms with Crippen LogP contribution in [0.4, 0.5) is 4.39 Å². The number of likely N-dealkylation sites (tertiary alicyclic amines) is 1. The van der Waals surface area contributed by atoms with Crippen molar-refractivity contribution in [3.63, 3.8) is 0 Å². The number of amides is 1. The average molecular weight is 431 g/mol. The largest absolute Gasteiger partial charge is 0.467 e. The summed E-state index contributed by atoms with van der Waals surface area (Å²) in [5.74, 6) is 0.665. The minimum Gasteiger partial charge on any atom is -0.467 e. The van der Waals surface area contributed by atoms with Crippen LogP contribution in [-0.4, -0.2) is 40.7 Å². The second-order valence-corrected chi connectivity index (χ2v) is 9.34. The van der Waals surface area contributed by atoms with E-state index in [0.29, 0.717) is 30.2 Å². The zero-order valence-corrected chi connectivity index (χ0v) is 17.9. The van der Waals surface area contributed by atoms with Gasteiger partial charge in [-0.15, -0.1) is 11.8 Å². The number of piperidine rings is 1. The van der Waals surface area contributed by atoms with Gasteiger partial charge in [0.2, 0.25) is 5.91 Å². The van der Waals surface area contributed by atoms with Gasteiger partial charge >= 0.3 is 0 Å². The second-order valence-electron chi connectivity index (χ2n) is 7.18. The number of aromatic nitrogens is 1.